The van der Waals surface area contributed by atoms with Crippen molar-refractivity contribution in [1.29, 1.82) is 0 Å². The molecule has 4 atom stereocenters. The van der Waals surface area contributed by atoms with Crippen LogP contribution in [0, 0.1) is 0 Å². The number of nitrogens with two attached hydrogens (primary N) is 1. The van der Waals surface area contributed by atoms with Gasteiger partial charge in [0.05, 0.1) is 12.5 Å². The Morgan fingerprint density at radius 1 is 1.33 bits per heavy atom. The topological polar surface area (TPSA) is 168 Å². The van der Waals surface area contributed by atoms with Gasteiger partial charge in [-0.05, 0) is 25.3 Å². The smallest absolute Gasteiger partial charge is 0.352 e. The number of esters is 1. The normalized spacial score (nSPS) is 21.4. The molecule has 0 bridgehead atoms. The Morgan fingerprint density at radius 3 is 2.67 bits per heavy atom. The van der Waals surface area contributed by atoms with E-state index in [2.05, 4.69) is 10.6 Å². The number of carbonyl (C=O) groups is 5. The van der Waals surface area contributed by atoms with Crippen LogP contribution in [0.1, 0.15) is 18.7 Å². The Morgan fingerprint density at radius 2 is 2.06 bits per heavy atom. The number of thiophene rings is 1. The van der Waals surface area contributed by atoms with Gasteiger partial charge in [-0.15, -0.1) is 23.1 Å². The minimum atomic E-state index is -1.33. The SMILES string of the molecule is C[C@H](N)C(=O)N[C@@H](C)C(=O)OCC1=C(C(=O)O)N2C(=O)[C@@H](NC(=O)Cc3cccs3)[C@H]2SC1. The van der Waals surface area contributed by atoms with Gasteiger partial charge < -0.3 is 26.2 Å². The van der Waals surface area contributed by atoms with Crippen molar-refractivity contribution in [3.05, 3.63) is 33.7 Å². The van der Waals surface area contributed by atoms with Crippen LogP contribution < -0.4 is 16.4 Å². The zero-order chi connectivity index (χ0) is 24.3. The molecule has 1 aromatic rings. The van der Waals surface area contributed by atoms with Crippen molar-refractivity contribution in [2.24, 2.45) is 5.73 Å². The molecule has 1 fully saturated rings. The van der Waals surface area contributed by atoms with Crippen molar-refractivity contribution in [3.8, 4) is 0 Å². The van der Waals surface area contributed by atoms with Crippen molar-refractivity contribution < 1.29 is 33.8 Å². The fourth-order valence-corrected chi connectivity index (χ4v) is 5.31. The molecule has 2 aliphatic heterocycles. The molecule has 0 radical (unpaired) electrons. The maximum atomic E-state index is 12.7. The number of β-lactam (4-membered cyclic amide) rings is 1. The number of nitrogens with zero attached hydrogens (tertiary/aromatic N) is 1. The first-order valence-electron chi connectivity index (χ1n) is 10.0. The predicted octanol–water partition coefficient (Wildman–Crippen LogP) is -0.576. The van der Waals surface area contributed by atoms with Crippen molar-refractivity contribution in [1.82, 2.24) is 15.5 Å². The fourth-order valence-electron chi connectivity index (χ4n) is 3.28. The number of nitrogens with one attached hydrogen (secondary N) is 2. The first kappa shape index (κ1) is 24.7. The summed E-state index contributed by atoms with van der Waals surface area (Å²) in [6.07, 6.45) is 0.138. The first-order valence-corrected chi connectivity index (χ1v) is 12.0. The van der Waals surface area contributed by atoms with Gasteiger partial charge in [0.15, 0.2) is 0 Å². The molecule has 3 rings (SSSR count). The number of hydrogen-bond donors (Lipinski definition) is 4. The molecule has 1 aromatic heterocycles. The highest BCUT2D eigenvalue weighted by molar-refractivity contribution is 8.00. The van der Waals surface area contributed by atoms with E-state index in [1.54, 1.807) is 0 Å². The fraction of sp³-hybridized carbons (Fsp3) is 0.450. The lowest BCUT2D eigenvalue weighted by Gasteiger charge is -2.49. The first-order chi connectivity index (χ1) is 15.6. The summed E-state index contributed by atoms with van der Waals surface area (Å²) in [6.45, 7) is 2.54. The Balaban J connectivity index is 1.62. The highest BCUT2D eigenvalue weighted by atomic mass is 32.2. The largest absolute Gasteiger partial charge is 0.477 e. The molecule has 11 nitrogen and oxygen atoms in total. The van der Waals surface area contributed by atoms with Crippen LogP contribution in [0.15, 0.2) is 28.8 Å². The summed E-state index contributed by atoms with van der Waals surface area (Å²) >= 11 is 2.70. The summed E-state index contributed by atoms with van der Waals surface area (Å²) < 4.78 is 5.16. The van der Waals surface area contributed by atoms with Gasteiger partial charge >= 0.3 is 11.9 Å². The van der Waals surface area contributed by atoms with Crippen molar-refractivity contribution in [2.45, 2.75) is 43.8 Å². The highest BCUT2D eigenvalue weighted by Crippen LogP contribution is 2.40. The Hall–Kier alpha value is -2.90. The van der Waals surface area contributed by atoms with Crippen molar-refractivity contribution >= 4 is 52.8 Å². The van der Waals surface area contributed by atoms with Gasteiger partial charge in [-0.25, -0.2) is 9.59 Å². The number of rotatable bonds is 9. The maximum Gasteiger partial charge on any atom is 0.352 e. The van der Waals surface area contributed by atoms with E-state index in [1.165, 1.54) is 36.9 Å². The second kappa shape index (κ2) is 10.4. The summed E-state index contributed by atoms with van der Waals surface area (Å²) in [4.78, 5) is 62.6. The molecule has 1 saturated heterocycles. The molecule has 0 aromatic carbocycles. The number of ether oxygens (including phenoxy) is 1. The van der Waals surface area contributed by atoms with E-state index in [-0.39, 0.29) is 36.0 Å². The van der Waals surface area contributed by atoms with Gasteiger partial charge in [0.1, 0.15) is 29.8 Å². The molecule has 178 valence electrons. The molecule has 3 amide bonds. The van der Waals surface area contributed by atoms with Crippen LogP contribution in [-0.2, 0) is 35.1 Å². The molecule has 0 saturated carbocycles. The molecule has 0 unspecified atom stereocenters. The second-order valence-corrected chi connectivity index (χ2v) is 9.73. The van der Waals surface area contributed by atoms with Crippen LogP contribution in [0.5, 0.6) is 0 Å². The number of carbonyl (C=O) groups excluding carboxylic acids is 4. The molecule has 0 aliphatic carbocycles. The Kier molecular flexibility index (Phi) is 7.76. The molecular weight excluding hydrogens is 472 g/mol. The van der Waals surface area contributed by atoms with E-state index < -0.39 is 47.3 Å². The zero-order valence-electron chi connectivity index (χ0n) is 17.9. The van der Waals surface area contributed by atoms with E-state index in [4.69, 9.17) is 10.5 Å². The molecule has 2 aliphatic rings. The average Bonchev–Trinajstić information content (AvgIpc) is 3.27. The number of carboxylic acids is 1. The highest BCUT2D eigenvalue weighted by Gasteiger charge is 2.54. The number of amides is 3. The van der Waals surface area contributed by atoms with Crippen molar-refractivity contribution in [3.63, 3.8) is 0 Å². The molecule has 0 spiro atoms. The Bertz CT molecular complexity index is 993. The summed E-state index contributed by atoms with van der Waals surface area (Å²) in [5.74, 6) is -3.28. The summed E-state index contributed by atoms with van der Waals surface area (Å²) in [5, 5.41) is 16.0. The van der Waals surface area contributed by atoms with Gasteiger partial charge in [-0.2, -0.15) is 0 Å². The standard InChI is InChI=1S/C20H24N4O7S2/c1-9(21)16(26)22-10(2)20(30)31-7-11-8-33-18-14(17(27)24(18)15(11)19(28)29)23-13(25)6-12-4-3-5-32-12/h3-5,9-10,14,18H,6-8,21H2,1-2H3,(H,22,26)(H,23,25)(H,28,29)/t9-,10-,14+,18+/m0/s1. The average molecular weight is 497 g/mol. The van der Waals surface area contributed by atoms with E-state index in [0.717, 1.165) is 9.78 Å². The number of aliphatic carboxylic acids is 1. The number of hydrogen-bond acceptors (Lipinski definition) is 9. The summed E-state index contributed by atoms with van der Waals surface area (Å²) in [5.41, 5.74) is 5.44. The third-order valence-corrected chi connectivity index (χ3v) is 7.21. The van der Waals surface area contributed by atoms with Crippen LogP contribution in [0.25, 0.3) is 0 Å². The number of fused-ring (bicyclic) bond motifs is 1. The predicted molar refractivity (Wildman–Crippen MR) is 120 cm³/mol. The zero-order valence-corrected chi connectivity index (χ0v) is 19.5. The van der Waals surface area contributed by atoms with Crippen LogP contribution >= 0.6 is 23.1 Å². The van der Waals surface area contributed by atoms with Gasteiger partial charge in [-0.1, -0.05) is 6.07 Å². The van der Waals surface area contributed by atoms with E-state index >= 15 is 0 Å². The van der Waals surface area contributed by atoms with Gasteiger partial charge in [-0.3, -0.25) is 19.3 Å². The lowest BCUT2D eigenvalue weighted by Crippen LogP contribution is -2.70. The quantitative estimate of drug-likeness (QED) is 0.258. The van der Waals surface area contributed by atoms with Crippen LogP contribution in [0.3, 0.4) is 0 Å². The van der Waals surface area contributed by atoms with Crippen LogP contribution in [0.2, 0.25) is 0 Å². The van der Waals surface area contributed by atoms with Crippen LogP contribution in [-0.4, -0.2) is 75.5 Å². The monoisotopic (exact) mass is 496 g/mol. The van der Waals surface area contributed by atoms with E-state index in [9.17, 15) is 29.1 Å². The summed E-state index contributed by atoms with van der Waals surface area (Å²) in [7, 11) is 0. The van der Waals surface area contributed by atoms with Gasteiger partial charge in [0.25, 0.3) is 5.91 Å². The minimum absolute atomic E-state index is 0.138. The minimum Gasteiger partial charge on any atom is -0.477 e. The van der Waals surface area contributed by atoms with Gasteiger partial charge in [0, 0.05) is 16.2 Å². The maximum absolute atomic E-state index is 12.7. The van der Waals surface area contributed by atoms with E-state index in [0.29, 0.717) is 0 Å². The molecule has 33 heavy (non-hydrogen) atoms. The summed E-state index contributed by atoms with van der Waals surface area (Å²) in [6, 6.07) is 1.04. The molecule has 13 heteroatoms. The van der Waals surface area contributed by atoms with Crippen LogP contribution in [0.4, 0.5) is 0 Å². The van der Waals surface area contributed by atoms with Gasteiger partial charge in [0.2, 0.25) is 11.8 Å². The third kappa shape index (κ3) is 5.54. The second-order valence-electron chi connectivity index (χ2n) is 7.60. The lowest BCUT2D eigenvalue weighted by molar-refractivity contribution is -0.151. The Labute approximate surface area is 197 Å². The molecule has 3 heterocycles. The van der Waals surface area contributed by atoms with E-state index in [1.807, 2.05) is 17.5 Å². The van der Waals surface area contributed by atoms with Crippen molar-refractivity contribution in [2.75, 3.05) is 12.4 Å². The lowest BCUT2D eigenvalue weighted by atomic mass is 10.0. The third-order valence-electron chi connectivity index (χ3n) is 5.00. The number of carboxylic acid groups (broad SMARTS) is 1. The molecule has 5 N–H and O–H groups in total. The number of thioether (sulfide) groups is 1. The molecular formula is C20H24N4O7S2.